The molecule has 4 aromatic rings. The van der Waals surface area contributed by atoms with Crippen LogP contribution >= 0.6 is 11.8 Å². The van der Waals surface area contributed by atoms with Crippen molar-refractivity contribution in [3.63, 3.8) is 0 Å². The largest absolute Gasteiger partial charge is 0.508 e. The Morgan fingerprint density at radius 1 is 1.23 bits per heavy atom. The van der Waals surface area contributed by atoms with Crippen LogP contribution in [0.1, 0.15) is 11.3 Å². The average Bonchev–Trinajstić information content (AvgIpc) is 3.17. The third-order valence-electron chi connectivity index (χ3n) is 4.11. The Morgan fingerprint density at radius 3 is 2.85 bits per heavy atom. The average molecular weight is 369 g/mol. The second-order valence-corrected chi connectivity index (χ2v) is 6.76. The Morgan fingerprint density at radius 2 is 2.08 bits per heavy atom. The van der Waals surface area contributed by atoms with Crippen molar-refractivity contribution in [2.75, 3.05) is 0 Å². The fourth-order valence-corrected chi connectivity index (χ4v) is 3.67. The molecule has 0 unspecified atom stereocenters. The van der Waals surface area contributed by atoms with Crippen molar-refractivity contribution in [1.29, 1.82) is 0 Å². The number of fused-ring (bicyclic) bond motifs is 1. The second kappa shape index (κ2) is 6.38. The minimum absolute atomic E-state index is 0.0545. The molecule has 0 fully saturated rings. The first-order valence-electron chi connectivity index (χ1n) is 7.85. The van der Waals surface area contributed by atoms with Gasteiger partial charge in [-0.15, -0.1) is 10.2 Å². The van der Waals surface area contributed by atoms with E-state index in [1.807, 2.05) is 24.6 Å². The summed E-state index contributed by atoms with van der Waals surface area (Å²) >= 11 is 1.47. The van der Waals surface area contributed by atoms with E-state index in [9.17, 15) is 9.90 Å². The summed E-state index contributed by atoms with van der Waals surface area (Å²) in [7, 11) is 1.89. The first-order chi connectivity index (χ1) is 12.5. The maximum atomic E-state index is 11.8. The topological polar surface area (TPSA) is 94.3 Å². The molecule has 0 radical (unpaired) electrons. The van der Waals surface area contributed by atoms with E-state index in [0.717, 1.165) is 33.3 Å². The lowest BCUT2D eigenvalue weighted by molar-refractivity contribution is 0.473. The Hall–Kier alpha value is -3.00. The van der Waals surface area contributed by atoms with Gasteiger partial charge in [0.1, 0.15) is 17.1 Å². The van der Waals surface area contributed by atoms with Gasteiger partial charge in [-0.1, -0.05) is 11.8 Å². The molecule has 0 aliphatic carbocycles. The lowest BCUT2D eigenvalue weighted by atomic mass is 10.1. The Labute approximate surface area is 152 Å². The molecule has 0 saturated heterocycles. The molecule has 4 rings (SSSR count). The van der Waals surface area contributed by atoms with Crippen LogP contribution < -0.4 is 5.63 Å². The van der Waals surface area contributed by atoms with E-state index < -0.39 is 5.63 Å². The van der Waals surface area contributed by atoms with E-state index in [0.29, 0.717) is 11.3 Å². The maximum absolute atomic E-state index is 11.8. The summed E-state index contributed by atoms with van der Waals surface area (Å²) < 4.78 is 12.4. The number of nitrogens with zero attached hydrogens (tertiary/aromatic N) is 3. The molecule has 0 amide bonds. The van der Waals surface area contributed by atoms with Crippen molar-refractivity contribution in [3.8, 4) is 17.1 Å². The van der Waals surface area contributed by atoms with Gasteiger partial charge in [0, 0.05) is 30.3 Å². The Balaban J connectivity index is 1.65. The summed E-state index contributed by atoms with van der Waals surface area (Å²) in [6.07, 6.45) is 1.62. The van der Waals surface area contributed by atoms with E-state index in [1.165, 1.54) is 23.9 Å². The molecular weight excluding hydrogens is 354 g/mol. The van der Waals surface area contributed by atoms with Crippen LogP contribution in [0.4, 0.5) is 0 Å². The number of hydrogen-bond acceptors (Lipinski definition) is 7. The Bertz CT molecular complexity index is 1160. The first-order valence-corrected chi connectivity index (χ1v) is 8.84. The van der Waals surface area contributed by atoms with Crippen LogP contribution in [-0.2, 0) is 12.8 Å². The molecular formula is C18H15N3O4S. The summed E-state index contributed by atoms with van der Waals surface area (Å²) in [6, 6.07) is 8.06. The summed E-state index contributed by atoms with van der Waals surface area (Å²) in [4.78, 5) is 11.8. The number of aryl methyl sites for hydroxylation is 1. The molecule has 0 aliphatic heterocycles. The molecule has 7 nitrogen and oxygen atoms in total. The molecule has 3 heterocycles. The number of hydrogen-bond donors (Lipinski definition) is 1. The van der Waals surface area contributed by atoms with Gasteiger partial charge in [-0.2, -0.15) is 0 Å². The molecule has 132 valence electrons. The fraction of sp³-hybridized carbons (Fsp3) is 0.167. The molecule has 0 spiro atoms. The zero-order chi connectivity index (χ0) is 18.3. The predicted octanol–water partition coefficient (Wildman–Crippen LogP) is 3.49. The van der Waals surface area contributed by atoms with Crippen LogP contribution in [-0.4, -0.2) is 19.9 Å². The molecule has 8 heteroatoms. The molecule has 3 aromatic heterocycles. The molecule has 0 atom stereocenters. The van der Waals surface area contributed by atoms with Crippen molar-refractivity contribution in [2.24, 2.45) is 7.05 Å². The number of phenols is 1. The van der Waals surface area contributed by atoms with E-state index in [4.69, 9.17) is 8.83 Å². The maximum Gasteiger partial charge on any atom is 0.336 e. The zero-order valence-electron chi connectivity index (χ0n) is 14.1. The van der Waals surface area contributed by atoms with Crippen LogP contribution in [0, 0.1) is 6.92 Å². The van der Waals surface area contributed by atoms with Gasteiger partial charge >= 0.3 is 5.63 Å². The third-order valence-corrected chi connectivity index (χ3v) is 5.17. The summed E-state index contributed by atoms with van der Waals surface area (Å²) in [5, 5.41) is 19.6. The highest BCUT2D eigenvalue weighted by atomic mass is 32.2. The van der Waals surface area contributed by atoms with E-state index >= 15 is 0 Å². The Kier molecular flexibility index (Phi) is 4.04. The van der Waals surface area contributed by atoms with Crippen LogP contribution in [0.15, 0.2) is 55.4 Å². The minimum atomic E-state index is -0.452. The summed E-state index contributed by atoms with van der Waals surface area (Å²) in [6.45, 7) is 1.88. The van der Waals surface area contributed by atoms with E-state index in [2.05, 4.69) is 10.2 Å². The number of phenolic OH excluding ortho intramolecular Hbond substituents is 1. The number of rotatable bonds is 4. The molecule has 1 N–H and O–H groups in total. The number of aromatic nitrogens is 3. The second-order valence-electron chi connectivity index (χ2n) is 5.82. The zero-order valence-corrected chi connectivity index (χ0v) is 14.9. The van der Waals surface area contributed by atoms with Crippen molar-refractivity contribution < 1.29 is 13.9 Å². The number of thioether (sulfide) groups is 1. The van der Waals surface area contributed by atoms with Gasteiger partial charge in [-0.05, 0) is 30.7 Å². The highest BCUT2D eigenvalue weighted by Gasteiger charge is 2.15. The van der Waals surface area contributed by atoms with Crippen molar-refractivity contribution >= 4 is 22.7 Å². The normalized spacial score (nSPS) is 11.3. The van der Waals surface area contributed by atoms with Gasteiger partial charge in [-0.25, -0.2) is 4.79 Å². The van der Waals surface area contributed by atoms with Crippen LogP contribution in [0.2, 0.25) is 0 Å². The van der Waals surface area contributed by atoms with E-state index in [1.54, 1.807) is 18.4 Å². The molecule has 26 heavy (non-hydrogen) atoms. The molecule has 0 bridgehead atoms. The monoisotopic (exact) mass is 369 g/mol. The van der Waals surface area contributed by atoms with Crippen molar-refractivity contribution in [1.82, 2.24) is 14.8 Å². The van der Waals surface area contributed by atoms with Crippen LogP contribution in [0.25, 0.3) is 22.4 Å². The SMILES string of the molecule is Cc1occc1-c1nnc(SCc2cc(=O)oc3cc(O)ccc23)n1C. The minimum Gasteiger partial charge on any atom is -0.508 e. The smallest absolute Gasteiger partial charge is 0.336 e. The summed E-state index contributed by atoms with van der Waals surface area (Å²) in [5.41, 5.74) is 1.62. The lowest BCUT2D eigenvalue weighted by Gasteiger charge is -2.06. The highest BCUT2D eigenvalue weighted by molar-refractivity contribution is 7.98. The first kappa shape index (κ1) is 16.5. The van der Waals surface area contributed by atoms with Crippen molar-refractivity contribution in [3.05, 3.63) is 58.3 Å². The number of benzene rings is 1. The quantitative estimate of drug-likeness (QED) is 0.435. The lowest BCUT2D eigenvalue weighted by Crippen LogP contribution is -2.00. The van der Waals surface area contributed by atoms with Gasteiger partial charge in [0.2, 0.25) is 0 Å². The molecule has 0 aliphatic rings. The highest BCUT2D eigenvalue weighted by Crippen LogP contribution is 2.30. The third kappa shape index (κ3) is 2.88. The van der Waals surface area contributed by atoms with Crippen molar-refractivity contribution in [2.45, 2.75) is 17.8 Å². The van der Waals surface area contributed by atoms with Gasteiger partial charge in [0.05, 0.1) is 11.8 Å². The van der Waals surface area contributed by atoms with Gasteiger partial charge in [-0.3, -0.25) is 0 Å². The van der Waals surface area contributed by atoms with Crippen LogP contribution in [0.3, 0.4) is 0 Å². The van der Waals surface area contributed by atoms with Gasteiger partial charge in [0.25, 0.3) is 0 Å². The molecule has 1 aromatic carbocycles. The summed E-state index contributed by atoms with van der Waals surface area (Å²) in [5.74, 6) is 2.08. The standard InChI is InChI=1S/C18H15N3O4S/c1-10-13(5-6-24-10)17-19-20-18(21(17)2)26-9-11-7-16(23)25-15-8-12(22)3-4-14(11)15/h3-8,22H,9H2,1-2H3. The van der Waals surface area contributed by atoms with Gasteiger partial charge in [0.15, 0.2) is 11.0 Å². The van der Waals surface area contributed by atoms with Gasteiger partial charge < -0.3 is 18.5 Å². The number of aromatic hydroxyl groups is 1. The van der Waals surface area contributed by atoms with Crippen LogP contribution in [0.5, 0.6) is 5.75 Å². The fourth-order valence-electron chi connectivity index (χ4n) is 2.77. The predicted molar refractivity (Wildman–Crippen MR) is 97.2 cm³/mol. The molecule has 0 saturated carbocycles. The number of furan rings is 1. The van der Waals surface area contributed by atoms with E-state index in [-0.39, 0.29) is 5.75 Å².